The molecule has 0 fully saturated rings. The number of aromatic nitrogens is 2. The lowest BCUT2D eigenvalue weighted by Crippen LogP contribution is -2.22. The minimum Gasteiger partial charge on any atom is -0.495 e. The molecular formula is C28H22F3N5O3S. The summed E-state index contributed by atoms with van der Waals surface area (Å²) in [7, 11) is 1.53. The van der Waals surface area contributed by atoms with Gasteiger partial charge in [0.1, 0.15) is 17.8 Å². The van der Waals surface area contributed by atoms with E-state index in [0.717, 1.165) is 45.1 Å². The highest BCUT2D eigenvalue weighted by Crippen LogP contribution is 2.29. The van der Waals surface area contributed by atoms with Crippen LogP contribution in [-0.2, 0) is 0 Å². The number of halogens is 3. The molecule has 2 amide bonds. The fourth-order valence-electron chi connectivity index (χ4n) is 4.14. The Bertz CT molecular complexity index is 1720. The summed E-state index contributed by atoms with van der Waals surface area (Å²) in [4.78, 5) is 16.8. The van der Waals surface area contributed by atoms with E-state index in [1.807, 2.05) is 49.4 Å². The van der Waals surface area contributed by atoms with E-state index in [4.69, 9.17) is 4.74 Å². The molecule has 5 aromatic rings. The smallest absolute Gasteiger partial charge is 0.495 e. The molecule has 5 rings (SSSR count). The van der Waals surface area contributed by atoms with E-state index in [0.29, 0.717) is 17.1 Å². The van der Waals surface area contributed by atoms with Crippen molar-refractivity contribution in [2.75, 3.05) is 12.4 Å². The average molecular weight is 566 g/mol. The first-order chi connectivity index (χ1) is 19.2. The Morgan fingerprint density at radius 2 is 1.85 bits per heavy atom. The molecule has 0 bridgehead atoms. The number of rotatable bonds is 7. The van der Waals surface area contributed by atoms with Gasteiger partial charge in [0, 0.05) is 17.3 Å². The lowest BCUT2D eigenvalue weighted by atomic mass is 10.1. The molecule has 1 heterocycles. The third-order valence-electron chi connectivity index (χ3n) is 5.90. The van der Waals surface area contributed by atoms with Crippen molar-refractivity contribution in [1.29, 1.82) is 0 Å². The van der Waals surface area contributed by atoms with Crippen LogP contribution >= 0.6 is 12.1 Å². The maximum atomic E-state index is 12.5. The van der Waals surface area contributed by atoms with E-state index in [2.05, 4.69) is 24.2 Å². The highest BCUT2D eigenvalue weighted by atomic mass is 32.2. The number of ether oxygens (including phenoxy) is 2. The Morgan fingerprint density at radius 1 is 1.05 bits per heavy atom. The number of alkyl halides is 3. The zero-order valence-electron chi connectivity index (χ0n) is 21.2. The zero-order chi connectivity index (χ0) is 28.3. The molecule has 0 atom stereocenters. The zero-order valence-corrected chi connectivity index (χ0v) is 22.0. The Labute approximate surface area is 231 Å². The fourth-order valence-corrected chi connectivity index (χ4v) is 4.51. The third kappa shape index (κ3) is 6.12. The first-order valence-electron chi connectivity index (χ1n) is 11.9. The summed E-state index contributed by atoms with van der Waals surface area (Å²) < 4.78 is 55.2. The van der Waals surface area contributed by atoms with E-state index in [9.17, 15) is 18.0 Å². The number of hydrogen-bond acceptors (Lipinski definition) is 6. The molecule has 4 aromatic carbocycles. The predicted octanol–water partition coefficient (Wildman–Crippen LogP) is 7.20. The summed E-state index contributed by atoms with van der Waals surface area (Å²) >= 11 is 0.885. The molecule has 0 radical (unpaired) electrons. The van der Waals surface area contributed by atoms with E-state index in [1.165, 1.54) is 31.4 Å². The van der Waals surface area contributed by atoms with Crippen LogP contribution in [0.15, 0.2) is 83.5 Å². The number of carbonyl (C=O) groups is 1. The second-order valence-corrected chi connectivity index (χ2v) is 9.25. The topological polar surface area (TPSA) is 89.8 Å². The van der Waals surface area contributed by atoms with Crippen LogP contribution in [-0.4, -0.2) is 35.3 Å². The first-order valence-corrected chi connectivity index (χ1v) is 12.6. The molecule has 0 spiro atoms. The van der Waals surface area contributed by atoms with E-state index in [-0.39, 0.29) is 5.75 Å². The van der Waals surface area contributed by atoms with Gasteiger partial charge < -0.3 is 14.8 Å². The first kappa shape index (κ1) is 26.9. The van der Waals surface area contributed by atoms with Gasteiger partial charge in [0.2, 0.25) is 0 Å². The minimum atomic E-state index is -4.74. The van der Waals surface area contributed by atoms with Gasteiger partial charge in [-0.2, -0.15) is 0 Å². The summed E-state index contributed by atoms with van der Waals surface area (Å²) in [5.74, 6) is 0.263. The van der Waals surface area contributed by atoms with Crippen molar-refractivity contribution >= 4 is 51.9 Å². The van der Waals surface area contributed by atoms with E-state index in [1.54, 1.807) is 23.2 Å². The van der Waals surface area contributed by atoms with Gasteiger partial charge in [-0.15, -0.1) is 13.2 Å². The Balaban J connectivity index is 1.26. The number of aryl methyl sites for hydroxylation is 1. The second kappa shape index (κ2) is 11.2. The van der Waals surface area contributed by atoms with Gasteiger partial charge in [-0.25, -0.2) is 14.2 Å². The normalized spacial score (nSPS) is 11.7. The number of amides is 2. The quantitative estimate of drug-likeness (QED) is 0.161. The third-order valence-corrected chi connectivity index (χ3v) is 6.39. The van der Waals surface area contributed by atoms with Gasteiger partial charge in [-0.1, -0.05) is 24.3 Å². The maximum absolute atomic E-state index is 12.5. The monoisotopic (exact) mass is 565 g/mol. The van der Waals surface area contributed by atoms with Crippen molar-refractivity contribution in [3.63, 3.8) is 0 Å². The van der Waals surface area contributed by atoms with Crippen LogP contribution in [0.2, 0.25) is 0 Å². The Kier molecular flexibility index (Phi) is 7.52. The molecule has 0 aliphatic heterocycles. The molecule has 12 heteroatoms. The van der Waals surface area contributed by atoms with Crippen LogP contribution in [0.5, 0.6) is 11.5 Å². The highest BCUT2D eigenvalue weighted by Gasteiger charge is 2.31. The number of urea groups is 1. The van der Waals surface area contributed by atoms with Gasteiger partial charge in [0.05, 0.1) is 36.0 Å². The SMILES string of the molecule is COc1ccc(C)cc1NC(=O)NSN=Cc1ccc2c(ccc3c2ncn3-c2ccc(OC(F)(F)F)cc2)c1. The molecule has 0 saturated carbocycles. The van der Waals surface area contributed by atoms with Gasteiger partial charge in [-0.3, -0.25) is 9.29 Å². The number of nitrogens with zero attached hydrogens (tertiary/aromatic N) is 3. The van der Waals surface area contributed by atoms with Crippen molar-refractivity contribution in [3.8, 4) is 17.2 Å². The molecule has 1 aromatic heterocycles. The number of hydrogen-bond donors (Lipinski definition) is 2. The van der Waals surface area contributed by atoms with Crippen molar-refractivity contribution in [3.05, 3.63) is 90.3 Å². The molecule has 8 nitrogen and oxygen atoms in total. The van der Waals surface area contributed by atoms with Crippen LogP contribution in [0.3, 0.4) is 0 Å². The van der Waals surface area contributed by atoms with Crippen molar-refractivity contribution in [1.82, 2.24) is 14.3 Å². The van der Waals surface area contributed by atoms with E-state index >= 15 is 0 Å². The lowest BCUT2D eigenvalue weighted by molar-refractivity contribution is -0.274. The van der Waals surface area contributed by atoms with Crippen LogP contribution in [0.25, 0.3) is 27.5 Å². The largest absolute Gasteiger partial charge is 0.573 e. The number of benzene rings is 4. The van der Waals surface area contributed by atoms with Gasteiger partial charge >= 0.3 is 12.4 Å². The fraction of sp³-hybridized carbons (Fsp3) is 0.107. The molecule has 0 aliphatic carbocycles. The van der Waals surface area contributed by atoms with E-state index < -0.39 is 12.4 Å². The molecule has 0 saturated heterocycles. The maximum Gasteiger partial charge on any atom is 0.573 e. The van der Waals surface area contributed by atoms with Crippen LogP contribution in [0, 0.1) is 6.92 Å². The van der Waals surface area contributed by atoms with Crippen molar-refractivity contribution in [2.45, 2.75) is 13.3 Å². The number of fused-ring (bicyclic) bond motifs is 3. The van der Waals surface area contributed by atoms with Gasteiger partial charge in [-0.05, 0) is 72.0 Å². The van der Waals surface area contributed by atoms with Crippen LogP contribution in [0.1, 0.15) is 11.1 Å². The summed E-state index contributed by atoms with van der Waals surface area (Å²) in [6.45, 7) is 1.92. The predicted molar refractivity (Wildman–Crippen MR) is 150 cm³/mol. The number of anilines is 1. The standard InChI is InChI=1S/C28H22F3N5O3S/c1-17-3-12-25(38-2)23(13-17)34-27(37)35-40-33-15-18-4-10-22-19(14-18)5-11-24-26(22)32-16-36(24)20-6-8-21(9-7-20)39-28(29,30)31/h3-16H,1-2H3,(H2,34,35,37). The van der Waals surface area contributed by atoms with Gasteiger partial charge in [0.15, 0.2) is 0 Å². The highest BCUT2D eigenvalue weighted by molar-refractivity contribution is 7.96. The summed E-state index contributed by atoms with van der Waals surface area (Å²) in [6.07, 6.45) is -1.49. The molecular weight excluding hydrogens is 543 g/mol. The number of nitrogens with one attached hydrogen (secondary N) is 2. The minimum absolute atomic E-state index is 0.291. The molecule has 0 aliphatic rings. The number of methoxy groups -OCH3 is 1. The molecule has 40 heavy (non-hydrogen) atoms. The summed E-state index contributed by atoms with van der Waals surface area (Å²) in [5, 5.41) is 4.57. The summed E-state index contributed by atoms with van der Waals surface area (Å²) in [5.41, 5.74) is 4.55. The molecule has 0 unspecified atom stereocenters. The summed E-state index contributed by atoms with van der Waals surface area (Å²) in [6, 6.07) is 20.2. The Morgan fingerprint density at radius 3 is 2.60 bits per heavy atom. The van der Waals surface area contributed by atoms with Crippen molar-refractivity contribution in [2.24, 2.45) is 4.40 Å². The number of imidazole rings is 1. The van der Waals surface area contributed by atoms with Gasteiger partial charge in [0.25, 0.3) is 0 Å². The second-order valence-electron chi connectivity index (χ2n) is 8.66. The number of carbonyl (C=O) groups excluding carboxylic acids is 1. The average Bonchev–Trinajstić information content (AvgIpc) is 3.35. The van der Waals surface area contributed by atoms with Crippen LogP contribution in [0.4, 0.5) is 23.7 Å². The molecule has 2 N–H and O–H groups in total. The lowest BCUT2D eigenvalue weighted by Gasteiger charge is -2.10. The molecule has 204 valence electrons. The van der Waals surface area contributed by atoms with Crippen LogP contribution < -0.4 is 19.5 Å². The van der Waals surface area contributed by atoms with Crippen molar-refractivity contribution < 1.29 is 27.4 Å². The Hall–Kier alpha value is -4.71.